The number of rotatable bonds is 47. The van der Waals surface area contributed by atoms with Crippen LogP contribution in [0.3, 0.4) is 0 Å². The van der Waals surface area contributed by atoms with E-state index < -0.39 is 49.5 Å². The highest BCUT2D eigenvalue weighted by molar-refractivity contribution is 5.76. The topological polar surface area (TPSA) is 149 Å². The zero-order chi connectivity index (χ0) is 45.9. The van der Waals surface area contributed by atoms with Crippen LogP contribution in [0.4, 0.5) is 0 Å². The maximum Gasteiger partial charge on any atom is 0.220 e. The Kier molecular flexibility index (Phi) is 42.6. The second-order valence-electron chi connectivity index (χ2n) is 19.4. The second-order valence-corrected chi connectivity index (χ2v) is 19.4. The number of unbranched alkanes of at least 4 members (excludes halogenated alkanes) is 37. The van der Waals surface area contributed by atoms with E-state index in [-0.39, 0.29) is 12.5 Å². The molecule has 1 heterocycles. The zero-order valence-corrected chi connectivity index (χ0v) is 41.4. The van der Waals surface area contributed by atoms with Crippen LogP contribution in [0.1, 0.15) is 271 Å². The van der Waals surface area contributed by atoms with E-state index in [9.17, 15) is 30.3 Å². The lowest BCUT2D eigenvalue weighted by molar-refractivity contribution is -0.302. The van der Waals surface area contributed by atoms with Crippen molar-refractivity contribution >= 4 is 5.91 Å². The molecular formula is C54H105NO8. The van der Waals surface area contributed by atoms with Crippen molar-refractivity contribution in [1.29, 1.82) is 0 Å². The number of ether oxygens (including phenoxy) is 2. The smallest absolute Gasteiger partial charge is 0.220 e. The fourth-order valence-electron chi connectivity index (χ4n) is 8.98. The molecule has 0 bridgehead atoms. The molecule has 9 nitrogen and oxygen atoms in total. The molecule has 374 valence electrons. The second kappa shape index (κ2) is 44.7. The van der Waals surface area contributed by atoms with Crippen molar-refractivity contribution in [2.75, 3.05) is 13.2 Å². The summed E-state index contributed by atoms with van der Waals surface area (Å²) in [6.45, 7) is 3.79. The van der Waals surface area contributed by atoms with Gasteiger partial charge in [-0.2, -0.15) is 0 Å². The Morgan fingerprint density at radius 2 is 0.873 bits per heavy atom. The molecule has 0 saturated carbocycles. The van der Waals surface area contributed by atoms with Crippen molar-refractivity contribution in [3.8, 4) is 0 Å². The molecule has 1 fully saturated rings. The lowest BCUT2D eigenvalue weighted by Gasteiger charge is -2.40. The minimum absolute atomic E-state index is 0.172. The van der Waals surface area contributed by atoms with Gasteiger partial charge in [0, 0.05) is 6.42 Å². The summed E-state index contributed by atoms with van der Waals surface area (Å²) in [6, 6.07) is -0.799. The van der Waals surface area contributed by atoms with Crippen LogP contribution in [0.15, 0.2) is 12.2 Å². The summed E-state index contributed by atoms with van der Waals surface area (Å²) in [5.41, 5.74) is 0. The molecule has 1 aliphatic heterocycles. The number of aliphatic hydroxyl groups excluding tert-OH is 5. The largest absolute Gasteiger partial charge is 0.394 e. The number of nitrogens with one attached hydrogen (secondary N) is 1. The molecule has 9 heteroatoms. The van der Waals surface area contributed by atoms with E-state index in [1.807, 2.05) is 6.08 Å². The fourth-order valence-corrected chi connectivity index (χ4v) is 8.98. The molecule has 1 rings (SSSR count). The Balaban J connectivity index is 2.14. The van der Waals surface area contributed by atoms with Crippen molar-refractivity contribution in [1.82, 2.24) is 5.32 Å². The van der Waals surface area contributed by atoms with Crippen molar-refractivity contribution in [3.05, 3.63) is 12.2 Å². The fraction of sp³-hybridized carbons (Fsp3) is 0.944. The summed E-state index contributed by atoms with van der Waals surface area (Å²) in [5, 5.41) is 54.3. The number of allylic oxidation sites excluding steroid dienone is 1. The molecule has 1 saturated heterocycles. The van der Waals surface area contributed by atoms with E-state index >= 15 is 0 Å². The molecule has 63 heavy (non-hydrogen) atoms. The average Bonchev–Trinajstić information content (AvgIpc) is 3.28. The van der Waals surface area contributed by atoms with Gasteiger partial charge in [0.1, 0.15) is 24.4 Å². The van der Waals surface area contributed by atoms with E-state index in [0.717, 1.165) is 38.5 Å². The summed E-state index contributed by atoms with van der Waals surface area (Å²) in [7, 11) is 0. The molecular weight excluding hydrogens is 791 g/mol. The van der Waals surface area contributed by atoms with Gasteiger partial charge in [0.2, 0.25) is 5.91 Å². The van der Waals surface area contributed by atoms with Gasteiger partial charge in [-0.3, -0.25) is 4.79 Å². The van der Waals surface area contributed by atoms with Crippen molar-refractivity contribution in [2.24, 2.45) is 0 Å². The van der Waals surface area contributed by atoms with Gasteiger partial charge in [-0.1, -0.05) is 257 Å². The molecule has 6 N–H and O–H groups in total. The third-order valence-corrected chi connectivity index (χ3v) is 13.4. The molecule has 0 aromatic carbocycles. The lowest BCUT2D eigenvalue weighted by atomic mass is 9.99. The monoisotopic (exact) mass is 896 g/mol. The number of carbonyl (C=O) groups excluding carboxylic acids is 1. The first-order valence-corrected chi connectivity index (χ1v) is 27.4. The van der Waals surface area contributed by atoms with Crippen LogP contribution < -0.4 is 5.32 Å². The Bertz CT molecular complexity index is 997. The van der Waals surface area contributed by atoms with Crippen molar-refractivity contribution in [2.45, 2.75) is 314 Å². The summed E-state index contributed by atoms with van der Waals surface area (Å²) in [4.78, 5) is 13.0. The first-order chi connectivity index (χ1) is 30.8. The lowest BCUT2D eigenvalue weighted by Crippen LogP contribution is -2.60. The minimum Gasteiger partial charge on any atom is -0.394 e. The molecule has 0 aromatic heterocycles. The van der Waals surface area contributed by atoms with Gasteiger partial charge in [0.25, 0.3) is 0 Å². The summed E-state index contributed by atoms with van der Waals surface area (Å²) < 4.78 is 11.2. The first-order valence-electron chi connectivity index (χ1n) is 27.4. The molecule has 1 aliphatic rings. The number of hydrogen-bond acceptors (Lipinski definition) is 8. The van der Waals surface area contributed by atoms with Gasteiger partial charge in [-0.05, 0) is 19.3 Å². The van der Waals surface area contributed by atoms with Gasteiger partial charge < -0.3 is 40.3 Å². The predicted octanol–water partition coefficient (Wildman–Crippen LogP) is 12.8. The predicted molar refractivity (Wildman–Crippen MR) is 263 cm³/mol. The quantitative estimate of drug-likeness (QED) is 0.0261. The SMILES string of the molecule is CCCCCCCCCCCC/C=C/[C@@H](O)[C@H](CO[C@@H]1O[C@H](CO)[C@H](O)C(O)C1O)NC(=O)CCCCCCCCCCCCCCCCCCCCCCCCCCCCCC. The van der Waals surface area contributed by atoms with E-state index in [1.165, 1.54) is 212 Å². The Morgan fingerprint density at radius 3 is 1.24 bits per heavy atom. The Morgan fingerprint density at radius 1 is 0.524 bits per heavy atom. The van der Waals surface area contributed by atoms with Crippen LogP contribution in [0.25, 0.3) is 0 Å². The zero-order valence-electron chi connectivity index (χ0n) is 41.4. The molecule has 0 aromatic rings. The van der Waals surface area contributed by atoms with E-state index in [2.05, 4.69) is 19.2 Å². The standard InChI is InChI=1S/C54H105NO8/c1-3-5-7-9-11-13-15-17-18-19-20-21-22-23-24-25-26-27-28-29-30-31-32-34-36-38-40-42-44-50(58)55-47(46-62-54-53(61)52(60)51(59)49(45-56)63-54)48(57)43-41-39-37-35-33-16-14-12-10-8-6-4-2/h41,43,47-49,51-54,56-57,59-61H,3-40,42,44-46H2,1-2H3,(H,55,58)/b43-41+/t47-,48+,49+,51-,52?,53?,54+/m0/s1. The van der Waals surface area contributed by atoms with Gasteiger partial charge in [0.15, 0.2) is 6.29 Å². The van der Waals surface area contributed by atoms with E-state index in [0.29, 0.717) is 6.42 Å². The van der Waals surface area contributed by atoms with E-state index in [4.69, 9.17) is 9.47 Å². The molecule has 0 aliphatic carbocycles. The third-order valence-electron chi connectivity index (χ3n) is 13.4. The van der Waals surface area contributed by atoms with Crippen LogP contribution >= 0.6 is 0 Å². The highest BCUT2D eigenvalue weighted by Gasteiger charge is 2.44. The van der Waals surface area contributed by atoms with Crippen molar-refractivity contribution < 1.29 is 39.8 Å². The molecule has 7 atom stereocenters. The van der Waals surface area contributed by atoms with Gasteiger partial charge in [-0.25, -0.2) is 0 Å². The van der Waals surface area contributed by atoms with Crippen LogP contribution in [-0.4, -0.2) is 87.5 Å². The van der Waals surface area contributed by atoms with Crippen LogP contribution in [0, 0.1) is 0 Å². The summed E-state index contributed by atoms with van der Waals surface area (Å²) >= 11 is 0. The molecule has 2 unspecified atom stereocenters. The highest BCUT2D eigenvalue weighted by atomic mass is 16.7. The molecule has 1 amide bonds. The average molecular weight is 896 g/mol. The number of carbonyl (C=O) groups is 1. The number of aliphatic hydroxyl groups is 5. The maximum absolute atomic E-state index is 13.0. The van der Waals surface area contributed by atoms with Gasteiger partial charge in [0.05, 0.1) is 25.4 Å². The summed E-state index contributed by atoms with van der Waals surface area (Å²) in [5.74, 6) is -0.172. The van der Waals surface area contributed by atoms with Crippen molar-refractivity contribution in [3.63, 3.8) is 0 Å². The third kappa shape index (κ3) is 34.8. The van der Waals surface area contributed by atoms with Crippen LogP contribution in [-0.2, 0) is 14.3 Å². The maximum atomic E-state index is 13.0. The number of hydrogen-bond donors (Lipinski definition) is 6. The normalized spacial score (nSPS) is 20.1. The first kappa shape index (κ1) is 59.9. The molecule has 0 spiro atoms. The van der Waals surface area contributed by atoms with Gasteiger partial charge >= 0.3 is 0 Å². The highest BCUT2D eigenvalue weighted by Crippen LogP contribution is 2.23. The van der Waals surface area contributed by atoms with Gasteiger partial charge in [-0.15, -0.1) is 0 Å². The van der Waals surface area contributed by atoms with E-state index in [1.54, 1.807) is 6.08 Å². The minimum atomic E-state index is -1.56. The Labute approximate surface area is 388 Å². The summed E-state index contributed by atoms with van der Waals surface area (Å²) in [6.07, 6.45) is 47.2. The Hall–Kier alpha value is -1.07. The molecule has 0 radical (unpaired) electrons. The van der Waals surface area contributed by atoms with Crippen LogP contribution in [0.2, 0.25) is 0 Å². The van der Waals surface area contributed by atoms with Crippen LogP contribution in [0.5, 0.6) is 0 Å². The number of amides is 1.